The highest BCUT2D eigenvalue weighted by atomic mass is 16.5. The first-order valence-corrected chi connectivity index (χ1v) is 7.61. The maximum Gasteiger partial charge on any atom is 0.225 e. The maximum atomic E-state index is 12.0. The highest BCUT2D eigenvalue weighted by molar-refractivity contribution is 5.92. The van der Waals surface area contributed by atoms with E-state index in [0.29, 0.717) is 31.0 Å². The van der Waals surface area contributed by atoms with Crippen LogP contribution in [0, 0.1) is 0 Å². The van der Waals surface area contributed by atoms with Crippen LogP contribution in [-0.2, 0) is 9.53 Å². The van der Waals surface area contributed by atoms with Crippen molar-refractivity contribution in [3.63, 3.8) is 0 Å². The van der Waals surface area contributed by atoms with Gasteiger partial charge >= 0.3 is 0 Å². The molecular weight excluding hydrogens is 292 g/mol. The first kappa shape index (κ1) is 17.0. The van der Waals surface area contributed by atoms with Gasteiger partial charge in [0.15, 0.2) is 5.75 Å². The fraction of sp³-hybridized carbons (Fsp3) is 0.278. The summed E-state index contributed by atoms with van der Waals surface area (Å²) in [4.78, 5) is 12.0. The van der Waals surface area contributed by atoms with Crippen molar-refractivity contribution in [2.75, 3.05) is 32.1 Å². The Hall–Kier alpha value is -2.37. The summed E-state index contributed by atoms with van der Waals surface area (Å²) in [6.45, 7) is 1.98. The SMILES string of the molecule is COCCNCCC(=O)Nc1ccccc1Oc1ccccc1. The molecule has 23 heavy (non-hydrogen) atoms. The summed E-state index contributed by atoms with van der Waals surface area (Å²) in [5.74, 6) is 1.30. The van der Waals surface area contributed by atoms with Gasteiger partial charge in [-0.3, -0.25) is 4.79 Å². The molecule has 0 aliphatic rings. The van der Waals surface area contributed by atoms with Gasteiger partial charge in [0.25, 0.3) is 0 Å². The lowest BCUT2D eigenvalue weighted by molar-refractivity contribution is -0.116. The Labute approximate surface area is 136 Å². The molecule has 0 unspecified atom stereocenters. The first-order chi connectivity index (χ1) is 11.3. The smallest absolute Gasteiger partial charge is 0.225 e. The minimum atomic E-state index is -0.0565. The van der Waals surface area contributed by atoms with Crippen LogP contribution in [0.2, 0.25) is 0 Å². The number of methoxy groups -OCH3 is 1. The molecule has 5 nitrogen and oxygen atoms in total. The van der Waals surface area contributed by atoms with Crippen LogP contribution in [0.1, 0.15) is 6.42 Å². The quantitative estimate of drug-likeness (QED) is 0.699. The van der Waals surface area contributed by atoms with E-state index in [2.05, 4.69) is 10.6 Å². The van der Waals surface area contributed by atoms with Crippen LogP contribution in [0.5, 0.6) is 11.5 Å². The predicted octanol–water partition coefficient (Wildman–Crippen LogP) is 3.04. The lowest BCUT2D eigenvalue weighted by Crippen LogP contribution is -2.24. The van der Waals surface area contributed by atoms with E-state index < -0.39 is 0 Å². The van der Waals surface area contributed by atoms with Gasteiger partial charge in [0, 0.05) is 26.6 Å². The molecule has 0 saturated heterocycles. The summed E-state index contributed by atoms with van der Waals surface area (Å²) >= 11 is 0. The Morgan fingerprint density at radius 3 is 2.52 bits per heavy atom. The molecule has 0 aliphatic heterocycles. The number of hydrogen-bond acceptors (Lipinski definition) is 4. The van der Waals surface area contributed by atoms with Crippen molar-refractivity contribution in [3.05, 3.63) is 54.6 Å². The van der Waals surface area contributed by atoms with E-state index in [4.69, 9.17) is 9.47 Å². The zero-order valence-corrected chi connectivity index (χ0v) is 13.2. The number of amides is 1. The Morgan fingerprint density at radius 1 is 1.00 bits per heavy atom. The molecule has 0 radical (unpaired) electrons. The number of hydrogen-bond donors (Lipinski definition) is 2. The molecule has 0 saturated carbocycles. The Balaban J connectivity index is 1.88. The van der Waals surface area contributed by atoms with Crippen molar-refractivity contribution in [3.8, 4) is 11.5 Å². The highest BCUT2D eigenvalue weighted by Crippen LogP contribution is 2.29. The normalized spacial score (nSPS) is 10.3. The number of ether oxygens (including phenoxy) is 2. The van der Waals surface area contributed by atoms with Crippen molar-refractivity contribution in [1.82, 2.24) is 5.32 Å². The van der Waals surface area contributed by atoms with Crippen LogP contribution in [-0.4, -0.2) is 32.7 Å². The van der Waals surface area contributed by atoms with E-state index in [0.717, 1.165) is 12.3 Å². The van der Waals surface area contributed by atoms with Gasteiger partial charge in [0.1, 0.15) is 5.75 Å². The number of carbonyl (C=O) groups is 1. The number of carbonyl (C=O) groups excluding carboxylic acids is 1. The summed E-state index contributed by atoms with van der Waals surface area (Å²) in [5, 5.41) is 6.03. The Kier molecular flexibility index (Phi) is 7.10. The van der Waals surface area contributed by atoms with E-state index in [1.54, 1.807) is 7.11 Å². The van der Waals surface area contributed by atoms with E-state index >= 15 is 0 Å². The third kappa shape index (κ3) is 6.10. The lowest BCUT2D eigenvalue weighted by atomic mass is 10.2. The fourth-order valence-electron chi connectivity index (χ4n) is 1.99. The second-order valence-electron chi connectivity index (χ2n) is 4.95. The van der Waals surface area contributed by atoms with Crippen LogP contribution in [0.15, 0.2) is 54.6 Å². The van der Waals surface area contributed by atoms with E-state index in [1.807, 2.05) is 54.6 Å². The van der Waals surface area contributed by atoms with Gasteiger partial charge in [0.2, 0.25) is 5.91 Å². The summed E-state index contributed by atoms with van der Waals surface area (Å²) < 4.78 is 10.8. The molecule has 0 aromatic heterocycles. The molecule has 2 aromatic rings. The van der Waals surface area contributed by atoms with Gasteiger partial charge in [-0.15, -0.1) is 0 Å². The molecule has 5 heteroatoms. The molecule has 0 fully saturated rings. The number of para-hydroxylation sites is 3. The first-order valence-electron chi connectivity index (χ1n) is 7.61. The standard InChI is InChI=1S/C18H22N2O3/c1-22-14-13-19-12-11-18(21)20-16-9-5-6-10-17(16)23-15-7-3-2-4-8-15/h2-10,19H,11-14H2,1H3,(H,20,21). The van der Waals surface area contributed by atoms with Gasteiger partial charge in [-0.1, -0.05) is 30.3 Å². The number of nitrogens with one attached hydrogen (secondary N) is 2. The summed E-state index contributed by atoms with van der Waals surface area (Å²) in [5.41, 5.74) is 0.665. The van der Waals surface area contributed by atoms with Gasteiger partial charge in [-0.25, -0.2) is 0 Å². The monoisotopic (exact) mass is 314 g/mol. The third-order valence-electron chi connectivity index (χ3n) is 3.14. The average molecular weight is 314 g/mol. The fourth-order valence-corrected chi connectivity index (χ4v) is 1.99. The van der Waals surface area contributed by atoms with Crippen molar-refractivity contribution in [2.45, 2.75) is 6.42 Å². The molecule has 0 spiro atoms. The number of benzene rings is 2. The molecule has 0 aliphatic carbocycles. The molecule has 2 N–H and O–H groups in total. The zero-order valence-electron chi connectivity index (χ0n) is 13.2. The van der Waals surface area contributed by atoms with Crippen LogP contribution in [0.3, 0.4) is 0 Å². The van der Waals surface area contributed by atoms with E-state index in [9.17, 15) is 4.79 Å². The van der Waals surface area contributed by atoms with Gasteiger partial charge in [-0.2, -0.15) is 0 Å². The third-order valence-corrected chi connectivity index (χ3v) is 3.14. The molecule has 2 rings (SSSR count). The van der Waals surface area contributed by atoms with Crippen molar-refractivity contribution in [1.29, 1.82) is 0 Å². The highest BCUT2D eigenvalue weighted by Gasteiger charge is 2.08. The van der Waals surface area contributed by atoms with Gasteiger partial charge in [-0.05, 0) is 24.3 Å². The van der Waals surface area contributed by atoms with Crippen LogP contribution < -0.4 is 15.4 Å². The van der Waals surface area contributed by atoms with Gasteiger partial charge < -0.3 is 20.1 Å². The van der Waals surface area contributed by atoms with E-state index in [1.165, 1.54) is 0 Å². The van der Waals surface area contributed by atoms with Crippen LogP contribution in [0.25, 0.3) is 0 Å². The minimum Gasteiger partial charge on any atom is -0.455 e. The minimum absolute atomic E-state index is 0.0565. The summed E-state index contributed by atoms with van der Waals surface area (Å²) in [6.07, 6.45) is 0.392. The summed E-state index contributed by atoms with van der Waals surface area (Å²) in [7, 11) is 1.65. The van der Waals surface area contributed by atoms with Gasteiger partial charge in [0.05, 0.1) is 12.3 Å². The largest absolute Gasteiger partial charge is 0.455 e. The molecule has 0 atom stereocenters. The molecule has 0 bridgehead atoms. The van der Waals surface area contributed by atoms with Crippen LogP contribution >= 0.6 is 0 Å². The summed E-state index contributed by atoms with van der Waals surface area (Å²) in [6, 6.07) is 16.9. The molecule has 122 valence electrons. The predicted molar refractivity (Wildman–Crippen MR) is 91.0 cm³/mol. The van der Waals surface area contributed by atoms with Crippen molar-refractivity contribution >= 4 is 11.6 Å². The van der Waals surface area contributed by atoms with Crippen LogP contribution in [0.4, 0.5) is 5.69 Å². The van der Waals surface area contributed by atoms with Crippen molar-refractivity contribution < 1.29 is 14.3 Å². The maximum absolute atomic E-state index is 12.0. The average Bonchev–Trinajstić information content (AvgIpc) is 2.57. The Bertz CT molecular complexity index is 602. The number of rotatable bonds is 9. The molecule has 2 aromatic carbocycles. The molecule has 0 heterocycles. The van der Waals surface area contributed by atoms with E-state index in [-0.39, 0.29) is 5.91 Å². The second-order valence-corrected chi connectivity index (χ2v) is 4.95. The lowest BCUT2D eigenvalue weighted by Gasteiger charge is -2.12. The molecular formula is C18H22N2O3. The topological polar surface area (TPSA) is 59.6 Å². The second kappa shape index (κ2) is 9.61. The zero-order chi connectivity index (χ0) is 16.3. The van der Waals surface area contributed by atoms with Crippen molar-refractivity contribution in [2.24, 2.45) is 0 Å². The molecule has 1 amide bonds. The number of anilines is 1. The Morgan fingerprint density at radius 2 is 1.74 bits per heavy atom.